The predicted molar refractivity (Wildman–Crippen MR) is 91.9 cm³/mol. The van der Waals surface area contributed by atoms with Crippen LogP contribution in [0, 0.1) is 11.7 Å². The van der Waals surface area contributed by atoms with Crippen LogP contribution in [0.3, 0.4) is 0 Å². The van der Waals surface area contributed by atoms with Crippen molar-refractivity contribution in [2.24, 2.45) is 5.92 Å². The monoisotopic (exact) mass is 342 g/mol. The minimum atomic E-state index is -0.630. The van der Waals surface area contributed by atoms with Crippen LogP contribution in [0.25, 0.3) is 0 Å². The maximum absolute atomic E-state index is 13.9. The normalized spacial score (nSPS) is 13.2. The lowest BCUT2D eigenvalue weighted by Crippen LogP contribution is -2.23. The van der Waals surface area contributed by atoms with Crippen LogP contribution < -0.4 is 15.4 Å². The number of carbonyl (C=O) groups excluding carboxylic acids is 2. The molecule has 0 heterocycles. The van der Waals surface area contributed by atoms with Gasteiger partial charge in [0.25, 0.3) is 5.91 Å². The third kappa shape index (κ3) is 4.35. The van der Waals surface area contributed by atoms with Gasteiger partial charge in [0, 0.05) is 24.2 Å². The largest absolute Gasteiger partial charge is 0.497 e. The van der Waals surface area contributed by atoms with Crippen molar-refractivity contribution in [3.05, 3.63) is 59.4 Å². The minimum Gasteiger partial charge on any atom is -0.497 e. The molecule has 0 aliphatic heterocycles. The zero-order chi connectivity index (χ0) is 17.8. The summed E-state index contributed by atoms with van der Waals surface area (Å²) in [7, 11) is 1.44. The summed E-state index contributed by atoms with van der Waals surface area (Å²) < 4.78 is 18.8. The quantitative estimate of drug-likeness (QED) is 0.848. The van der Waals surface area contributed by atoms with Crippen LogP contribution in [0.5, 0.6) is 5.75 Å². The molecule has 0 bridgehead atoms. The van der Waals surface area contributed by atoms with Gasteiger partial charge in [-0.1, -0.05) is 12.1 Å². The Labute approximate surface area is 145 Å². The third-order valence-corrected chi connectivity index (χ3v) is 4.04. The van der Waals surface area contributed by atoms with E-state index in [-0.39, 0.29) is 23.9 Å². The molecule has 0 spiro atoms. The van der Waals surface area contributed by atoms with Crippen molar-refractivity contribution in [1.29, 1.82) is 0 Å². The first kappa shape index (κ1) is 17.0. The molecule has 2 aromatic carbocycles. The Kier molecular flexibility index (Phi) is 4.97. The molecule has 0 unspecified atom stereocenters. The molecular weight excluding hydrogens is 323 g/mol. The molecule has 1 fully saturated rings. The molecule has 2 aromatic rings. The number of benzene rings is 2. The molecule has 0 saturated heterocycles. The van der Waals surface area contributed by atoms with Gasteiger partial charge in [0.2, 0.25) is 5.91 Å². The van der Waals surface area contributed by atoms with E-state index in [1.54, 1.807) is 12.1 Å². The van der Waals surface area contributed by atoms with Crippen LogP contribution >= 0.6 is 0 Å². The summed E-state index contributed by atoms with van der Waals surface area (Å²) in [6.45, 7) is 0.265. The van der Waals surface area contributed by atoms with E-state index in [1.165, 1.54) is 25.3 Å². The molecule has 0 atom stereocenters. The van der Waals surface area contributed by atoms with Crippen LogP contribution in [0.1, 0.15) is 28.8 Å². The van der Waals surface area contributed by atoms with E-state index in [4.69, 9.17) is 4.74 Å². The zero-order valence-electron chi connectivity index (χ0n) is 13.8. The molecule has 1 aliphatic rings. The Morgan fingerprint density at radius 3 is 2.48 bits per heavy atom. The van der Waals surface area contributed by atoms with Gasteiger partial charge in [0.15, 0.2) is 0 Å². The first-order chi connectivity index (χ1) is 12.1. The van der Waals surface area contributed by atoms with Gasteiger partial charge in [0.1, 0.15) is 11.6 Å². The van der Waals surface area contributed by atoms with E-state index in [9.17, 15) is 14.0 Å². The molecule has 6 heteroatoms. The molecule has 0 radical (unpaired) electrons. The molecule has 2 amide bonds. The van der Waals surface area contributed by atoms with Crippen molar-refractivity contribution in [2.75, 3.05) is 12.4 Å². The lowest BCUT2D eigenvalue weighted by molar-refractivity contribution is -0.117. The molecule has 1 saturated carbocycles. The Hall–Kier alpha value is -2.89. The number of hydrogen-bond acceptors (Lipinski definition) is 3. The number of rotatable bonds is 6. The minimum absolute atomic E-state index is 0.0332. The highest BCUT2D eigenvalue weighted by Gasteiger charge is 2.29. The number of methoxy groups -OCH3 is 1. The van der Waals surface area contributed by atoms with Crippen molar-refractivity contribution in [3.8, 4) is 5.75 Å². The topological polar surface area (TPSA) is 67.4 Å². The highest BCUT2D eigenvalue weighted by atomic mass is 19.1. The summed E-state index contributed by atoms with van der Waals surface area (Å²) in [5.74, 6) is -0.562. The fourth-order valence-electron chi connectivity index (χ4n) is 2.38. The molecule has 3 rings (SSSR count). The molecular formula is C19H19FN2O3. The molecule has 5 nitrogen and oxygen atoms in total. The average molecular weight is 342 g/mol. The molecule has 130 valence electrons. The Morgan fingerprint density at radius 2 is 1.88 bits per heavy atom. The standard InChI is InChI=1S/C19H19FN2O3/c1-25-15-8-9-16(17(20)10-15)19(24)21-11-12-2-6-14(7-3-12)22-18(23)13-4-5-13/h2-3,6-10,13H,4-5,11H2,1H3,(H,21,24)(H,22,23). The fraction of sp³-hybridized carbons (Fsp3) is 0.263. The summed E-state index contributed by atoms with van der Waals surface area (Å²) >= 11 is 0. The van der Waals surface area contributed by atoms with Crippen molar-refractivity contribution in [3.63, 3.8) is 0 Å². The smallest absolute Gasteiger partial charge is 0.254 e. The highest BCUT2D eigenvalue weighted by Crippen LogP contribution is 2.30. The van der Waals surface area contributed by atoms with Gasteiger partial charge in [-0.25, -0.2) is 4.39 Å². The van der Waals surface area contributed by atoms with Crippen LogP contribution in [0.15, 0.2) is 42.5 Å². The SMILES string of the molecule is COc1ccc(C(=O)NCc2ccc(NC(=O)C3CC3)cc2)c(F)c1. The lowest BCUT2D eigenvalue weighted by atomic mass is 10.1. The van der Waals surface area contributed by atoms with Crippen LogP contribution in [-0.2, 0) is 11.3 Å². The van der Waals surface area contributed by atoms with E-state index in [0.29, 0.717) is 5.75 Å². The molecule has 25 heavy (non-hydrogen) atoms. The van der Waals surface area contributed by atoms with E-state index < -0.39 is 11.7 Å². The predicted octanol–water partition coefficient (Wildman–Crippen LogP) is 3.11. The molecule has 1 aliphatic carbocycles. The summed E-state index contributed by atoms with van der Waals surface area (Å²) in [4.78, 5) is 23.8. The van der Waals surface area contributed by atoms with Gasteiger partial charge in [-0.15, -0.1) is 0 Å². The van der Waals surface area contributed by atoms with E-state index in [2.05, 4.69) is 10.6 Å². The fourth-order valence-corrected chi connectivity index (χ4v) is 2.38. The number of halogens is 1. The van der Waals surface area contributed by atoms with Gasteiger partial charge in [-0.2, -0.15) is 0 Å². The number of nitrogens with one attached hydrogen (secondary N) is 2. The first-order valence-electron chi connectivity index (χ1n) is 8.08. The van der Waals surface area contributed by atoms with Gasteiger partial charge in [0.05, 0.1) is 12.7 Å². The average Bonchev–Trinajstić information content (AvgIpc) is 3.46. The van der Waals surface area contributed by atoms with E-state index >= 15 is 0 Å². The van der Waals surface area contributed by atoms with Gasteiger partial charge in [-0.3, -0.25) is 9.59 Å². The van der Waals surface area contributed by atoms with Crippen molar-refractivity contribution in [1.82, 2.24) is 5.32 Å². The number of carbonyl (C=O) groups is 2. The second-order valence-corrected chi connectivity index (χ2v) is 5.99. The maximum Gasteiger partial charge on any atom is 0.254 e. The van der Waals surface area contributed by atoms with Crippen molar-refractivity contribution < 1.29 is 18.7 Å². The second-order valence-electron chi connectivity index (χ2n) is 5.99. The zero-order valence-corrected chi connectivity index (χ0v) is 13.8. The second kappa shape index (κ2) is 7.34. The Bertz CT molecular complexity index is 786. The summed E-state index contributed by atoms with van der Waals surface area (Å²) in [5.41, 5.74) is 1.55. The van der Waals surface area contributed by atoms with Crippen LogP contribution in [0.4, 0.5) is 10.1 Å². The molecule has 0 aromatic heterocycles. The van der Waals surface area contributed by atoms with Crippen LogP contribution in [-0.4, -0.2) is 18.9 Å². The number of ether oxygens (including phenoxy) is 1. The summed E-state index contributed by atoms with van der Waals surface area (Å²) in [6.07, 6.45) is 1.91. The van der Waals surface area contributed by atoms with Crippen LogP contribution in [0.2, 0.25) is 0 Å². The van der Waals surface area contributed by atoms with Crippen molar-refractivity contribution in [2.45, 2.75) is 19.4 Å². The number of hydrogen-bond donors (Lipinski definition) is 2. The number of amides is 2. The highest BCUT2D eigenvalue weighted by molar-refractivity contribution is 5.95. The Balaban J connectivity index is 1.55. The first-order valence-corrected chi connectivity index (χ1v) is 8.08. The summed E-state index contributed by atoms with van der Waals surface area (Å²) in [5, 5.41) is 5.53. The number of anilines is 1. The summed E-state index contributed by atoms with van der Waals surface area (Å²) in [6, 6.07) is 11.3. The van der Waals surface area contributed by atoms with Gasteiger partial charge in [-0.05, 0) is 42.7 Å². The third-order valence-electron chi connectivity index (χ3n) is 4.04. The molecule has 2 N–H and O–H groups in total. The van der Waals surface area contributed by atoms with E-state index in [1.807, 2.05) is 12.1 Å². The van der Waals surface area contributed by atoms with Gasteiger partial charge >= 0.3 is 0 Å². The van der Waals surface area contributed by atoms with Crippen molar-refractivity contribution >= 4 is 17.5 Å². The van der Waals surface area contributed by atoms with E-state index in [0.717, 1.165) is 24.1 Å². The Morgan fingerprint density at radius 1 is 1.16 bits per heavy atom. The van der Waals surface area contributed by atoms with Gasteiger partial charge < -0.3 is 15.4 Å². The maximum atomic E-state index is 13.9. The lowest BCUT2D eigenvalue weighted by Gasteiger charge is -2.09.